The van der Waals surface area contributed by atoms with Crippen LogP contribution in [0, 0.1) is 0 Å². The highest BCUT2D eigenvalue weighted by atomic mass is 16.3. The zero-order valence-corrected chi connectivity index (χ0v) is 42.7. The molecule has 13 rings (SSSR count). The number of hydrogen-bond acceptors (Lipinski definition) is 12. The van der Waals surface area contributed by atoms with E-state index in [9.17, 15) is 61.3 Å². The van der Waals surface area contributed by atoms with Crippen molar-refractivity contribution in [3.05, 3.63) is 250 Å². The molecular weight excluding hydrogens is 1020 g/mol. The van der Waals surface area contributed by atoms with Gasteiger partial charge in [-0.15, -0.1) is 0 Å². The normalized spacial score (nSPS) is 11.9. The van der Waals surface area contributed by atoms with Crippen LogP contribution in [-0.4, -0.2) is 61.3 Å². The first kappa shape index (κ1) is 49.6. The van der Waals surface area contributed by atoms with Crippen LogP contribution < -0.4 is 0 Å². The van der Waals surface area contributed by atoms with Crippen LogP contribution in [0.15, 0.2) is 200 Å². The van der Waals surface area contributed by atoms with Crippen molar-refractivity contribution in [1.82, 2.24) is 0 Å². The van der Waals surface area contributed by atoms with E-state index in [1.165, 1.54) is 72.8 Å². The maximum atomic E-state index is 12.6. The second-order valence-corrected chi connectivity index (χ2v) is 20.7. The van der Waals surface area contributed by atoms with Crippen molar-refractivity contribution in [3.63, 3.8) is 0 Å². The van der Waals surface area contributed by atoms with Crippen LogP contribution in [0.3, 0.4) is 0 Å². The Hall–Kier alpha value is -11.0. The van der Waals surface area contributed by atoms with Gasteiger partial charge < -0.3 is 61.3 Å². The van der Waals surface area contributed by atoms with Crippen molar-refractivity contribution in [2.24, 2.45) is 0 Å². The third-order valence-corrected chi connectivity index (χ3v) is 15.9. The Morgan fingerprint density at radius 2 is 0.333 bits per heavy atom. The van der Waals surface area contributed by atoms with Crippen molar-refractivity contribution >= 4 is 64.6 Å². The molecule has 0 aliphatic carbocycles. The maximum absolute atomic E-state index is 12.6. The number of benzene rings is 13. The van der Waals surface area contributed by atoms with Gasteiger partial charge in [0.15, 0.2) is 0 Å². The molecular formula is C69H48O12. The van der Waals surface area contributed by atoms with E-state index in [-0.39, 0.29) is 102 Å². The third-order valence-electron chi connectivity index (χ3n) is 15.9. The van der Waals surface area contributed by atoms with Crippen LogP contribution in [0.25, 0.3) is 64.6 Å². The fourth-order valence-corrected chi connectivity index (χ4v) is 12.4. The predicted octanol–water partition coefficient (Wildman–Crippen LogP) is 14.6. The fourth-order valence-electron chi connectivity index (χ4n) is 12.4. The molecule has 0 unspecified atom stereocenters. The van der Waals surface area contributed by atoms with E-state index in [0.29, 0.717) is 81.3 Å². The Balaban J connectivity index is 1.27. The summed E-state index contributed by atoms with van der Waals surface area (Å²) in [4.78, 5) is 0. The Bertz CT molecular complexity index is 4020. The number of hydrogen-bond donors (Lipinski definition) is 12. The average Bonchev–Trinajstić information content (AvgIpc) is 3.62. The highest BCUT2D eigenvalue weighted by Crippen LogP contribution is 2.54. The lowest BCUT2D eigenvalue weighted by molar-refractivity contribution is 0.459. The summed E-state index contributed by atoms with van der Waals surface area (Å²) in [7, 11) is 0. The molecule has 0 aromatic heterocycles. The first-order valence-corrected chi connectivity index (χ1v) is 25.9. The lowest BCUT2D eigenvalue weighted by Crippen LogP contribution is -2.13. The first-order valence-electron chi connectivity index (χ1n) is 25.9. The lowest BCUT2D eigenvalue weighted by Gasteiger charge is -2.30. The molecule has 13 aromatic rings. The average molecular weight is 1070 g/mol. The van der Waals surface area contributed by atoms with Crippen LogP contribution in [-0.2, 0) is 0 Å². The van der Waals surface area contributed by atoms with E-state index in [1.54, 1.807) is 109 Å². The number of fused-ring (bicyclic) bond motifs is 6. The summed E-state index contributed by atoms with van der Waals surface area (Å²) in [5, 5.41) is 147. The molecule has 81 heavy (non-hydrogen) atoms. The summed E-state index contributed by atoms with van der Waals surface area (Å²) in [6, 6.07) is 52.6. The Morgan fingerprint density at radius 1 is 0.173 bits per heavy atom. The van der Waals surface area contributed by atoms with Gasteiger partial charge in [0, 0.05) is 51.1 Å². The minimum atomic E-state index is -1.20. The Morgan fingerprint density at radius 3 is 0.494 bits per heavy atom. The Labute approximate surface area is 460 Å². The predicted molar refractivity (Wildman–Crippen MR) is 313 cm³/mol. The van der Waals surface area contributed by atoms with Gasteiger partial charge in [-0.05, 0) is 191 Å². The van der Waals surface area contributed by atoms with E-state index in [4.69, 9.17) is 0 Å². The number of aromatic hydroxyl groups is 12. The van der Waals surface area contributed by atoms with Crippen LogP contribution in [0.4, 0.5) is 0 Å². The number of phenols is 12. The molecule has 0 saturated carbocycles. The van der Waals surface area contributed by atoms with Crippen molar-refractivity contribution in [2.45, 2.75) is 17.8 Å². The molecule has 0 atom stereocenters. The number of rotatable bonds is 9. The molecule has 0 spiro atoms. The molecule has 0 saturated heterocycles. The molecule has 12 nitrogen and oxygen atoms in total. The third kappa shape index (κ3) is 8.32. The van der Waals surface area contributed by atoms with Crippen LogP contribution >= 0.6 is 0 Å². The van der Waals surface area contributed by atoms with Crippen LogP contribution in [0.1, 0.15) is 67.8 Å². The highest BCUT2D eigenvalue weighted by Gasteiger charge is 2.35. The molecule has 12 N–H and O–H groups in total. The Kier molecular flexibility index (Phi) is 11.6. The van der Waals surface area contributed by atoms with Gasteiger partial charge in [-0.25, -0.2) is 0 Å². The monoisotopic (exact) mass is 1070 g/mol. The summed E-state index contributed by atoms with van der Waals surface area (Å²) in [5.41, 5.74) is 2.77. The van der Waals surface area contributed by atoms with Gasteiger partial charge in [-0.3, -0.25) is 0 Å². The fraction of sp³-hybridized carbons (Fsp3) is 0.0435. The standard InChI is InChI=1S/C69H48O12/c70-43-7-13-49-34(28-43)1-19-55(76)64(49)61(65-50-14-8-44(71)29-35(50)2-20-56(65)77)40-25-41(62(66-51-15-9-45(72)30-36(51)3-21-57(66)78)67-52-16-10-46(73)31-37(52)4-22-58(67)79)27-42(26-40)63(68-53-17-11-47(74)32-38(53)5-23-59(68)80)69-54-18-12-48(75)33-39(54)6-24-60(69)81/h1-33,61-63,70-81H. The molecule has 0 aliphatic heterocycles. The van der Waals surface area contributed by atoms with Gasteiger partial charge in [0.05, 0.1) is 0 Å². The van der Waals surface area contributed by atoms with Gasteiger partial charge in [-0.2, -0.15) is 0 Å². The van der Waals surface area contributed by atoms with Gasteiger partial charge >= 0.3 is 0 Å². The maximum Gasteiger partial charge on any atom is 0.120 e. The SMILES string of the molecule is Oc1ccc2c(C(c3cc(C(c4c(O)ccc5cc(O)ccc45)c4c(O)ccc5cc(O)ccc45)cc(C(c4c(O)ccc5cc(O)ccc45)c4c(O)ccc5cc(O)ccc45)c3)c3c(O)ccc4cc(O)ccc34)c(O)ccc2c1. The van der Waals surface area contributed by atoms with Crippen LogP contribution in [0.2, 0.25) is 0 Å². The number of phenolic OH excluding ortho intramolecular Hbond substituents is 12. The van der Waals surface area contributed by atoms with Gasteiger partial charge in [-0.1, -0.05) is 91.0 Å². The largest absolute Gasteiger partial charge is 0.508 e. The smallest absolute Gasteiger partial charge is 0.120 e. The minimum absolute atomic E-state index is 0.0491. The van der Waals surface area contributed by atoms with E-state index in [1.807, 2.05) is 18.2 Å². The highest BCUT2D eigenvalue weighted by molar-refractivity contribution is 5.99. The van der Waals surface area contributed by atoms with E-state index < -0.39 is 17.8 Å². The van der Waals surface area contributed by atoms with Gasteiger partial charge in [0.2, 0.25) is 0 Å². The molecule has 12 heteroatoms. The molecule has 396 valence electrons. The molecule has 0 aliphatic rings. The minimum Gasteiger partial charge on any atom is -0.508 e. The zero-order valence-electron chi connectivity index (χ0n) is 42.7. The quantitative estimate of drug-likeness (QED) is 0.0604. The molecule has 0 bridgehead atoms. The zero-order chi connectivity index (χ0) is 56.1. The van der Waals surface area contributed by atoms with E-state index in [2.05, 4.69) is 0 Å². The molecule has 0 heterocycles. The van der Waals surface area contributed by atoms with Crippen LogP contribution in [0.5, 0.6) is 69.0 Å². The second-order valence-electron chi connectivity index (χ2n) is 20.7. The molecule has 13 aromatic carbocycles. The van der Waals surface area contributed by atoms with Crippen molar-refractivity contribution in [1.29, 1.82) is 0 Å². The van der Waals surface area contributed by atoms with Crippen molar-refractivity contribution in [2.75, 3.05) is 0 Å². The summed E-state index contributed by atoms with van der Waals surface area (Å²) >= 11 is 0. The van der Waals surface area contributed by atoms with Crippen molar-refractivity contribution in [3.8, 4) is 69.0 Å². The van der Waals surface area contributed by atoms with E-state index >= 15 is 0 Å². The summed E-state index contributed by atoms with van der Waals surface area (Å²) in [6.07, 6.45) is 0. The molecule has 0 radical (unpaired) electrons. The first-order chi connectivity index (χ1) is 39.1. The van der Waals surface area contributed by atoms with Crippen molar-refractivity contribution < 1.29 is 61.3 Å². The summed E-state index contributed by atoms with van der Waals surface area (Å²) in [5.74, 6) is -5.11. The molecule has 0 amide bonds. The lowest BCUT2D eigenvalue weighted by atomic mass is 9.73. The topological polar surface area (TPSA) is 243 Å². The molecule has 0 fully saturated rings. The van der Waals surface area contributed by atoms with Gasteiger partial charge in [0.25, 0.3) is 0 Å². The van der Waals surface area contributed by atoms with E-state index in [0.717, 1.165) is 0 Å². The summed E-state index contributed by atoms with van der Waals surface area (Å²) < 4.78 is 0. The van der Waals surface area contributed by atoms with Gasteiger partial charge in [0.1, 0.15) is 69.0 Å². The second kappa shape index (κ2) is 18.9. The summed E-state index contributed by atoms with van der Waals surface area (Å²) in [6.45, 7) is 0.